The average molecular weight is 961 g/mol. The van der Waals surface area contributed by atoms with E-state index in [0.717, 1.165) is 51.4 Å². The van der Waals surface area contributed by atoms with Crippen molar-refractivity contribution in [3.8, 4) is 0 Å². The fourth-order valence-electron chi connectivity index (χ4n) is 8.00. The van der Waals surface area contributed by atoms with Crippen LogP contribution >= 0.6 is 7.82 Å². The Balaban J connectivity index is 3.94. The van der Waals surface area contributed by atoms with Crippen LogP contribution in [-0.4, -0.2) is 68.5 Å². The topological polar surface area (TPSA) is 108 Å². The SMILES string of the molecule is CCCCCC/C=C/CC/C=C/C(O)C(COP(=O)([O-])OCC[N+](C)(C)C)NC(=O)CCCCCCCCCCCCCCCCCCCCCC/C=C\C/C=C\C/C=C\CCCCCCC. The fraction of sp³-hybridized carbons (Fsp3) is 0.810. The number of carbonyl (C=O) groups excluding carboxylic acids is 1. The summed E-state index contributed by atoms with van der Waals surface area (Å²) in [6.45, 7) is 4.58. The highest BCUT2D eigenvalue weighted by Gasteiger charge is 2.23. The van der Waals surface area contributed by atoms with Gasteiger partial charge in [-0.15, -0.1) is 0 Å². The number of hydrogen-bond acceptors (Lipinski definition) is 6. The molecule has 0 aliphatic carbocycles. The van der Waals surface area contributed by atoms with Crippen LogP contribution < -0.4 is 10.2 Å². The molecule has 67 heavy (non-hydrogen) atoms. The van der Waals surface area contributed by atoms with Crippen LogP contribution in [0.4, 0.5) is 0 Å². The molecule has 3 unspecified atom stereocenters. The molecule has 0 saturated carbocycles. The maximum absolute atomic E-state index is 12.9. The van der Waals surface area contributed by atoms with Gasteiger partial charge in [-0.1, -0.05) is 235 Å². The second-order valence-electron chi connectivity index (χ2n) is 20.3. The van der Waals surface area contributed by atoms with E-state index < -0.39 is 26.6 Å². The number of likely N-dealkylation sites (N-methyl/N-ethyl adjacent to an activating group) is 1. The summed E-state index contributed by atoms with van der Waals surface area (Å²) in [6, 6.07) is -0.902. The van der Waals surface area contributed by atoms with Crippen molar-refractivity contribution in [1.82, 2.24) is 5.32 Å². The standard InChI is InChI=1S/C58H109N2O6P/c1-6-8-10-12-14-16-18-19-20-21-22-23-24-25-26-27-28-29-30-31-32-33-34-35-36-37-38-39-40-41-42-44-46-48-50-52-58(62)59-56(55-66-67(63,64)65-54-53-60(3,4)5)57(61)51-49-47-45-43-17-15-13-11-9-7-2/h17-19,21-22,24-25,43,49,51,56-57,61H,6-16,20,23,26-42,44-48,50,52-55H2,1-5H3,(H-,59,62,63,64)/b19-18-,22-21-,25-24-,43-17+,51-49+. The molecule has 0 heterocycles. The Hall–Kier alpha value is -1.80. The maximum Gasteiger partial charge on any atom is 0.268 e. The van der Waals surface area contributed by atoms with E-state index >= 15 is 0 Å². The minimum absolute atomic E-state index is 0.00689. The summed E-state index contributed by atoms with van der Waals surface area (Å²) in [5.41, 5.74) is 0. The lowest BCUT2D eigenvalue weighted by Gasteiger charge is -2.29. The molecule has 0 bridgehead atoms. The average Bonchev–Trinajstić information content (AvgIpc) is 3.29. The molecule has 0 saturated heterocycles. The molecule has 3 atom stereocenters. The molecule has 0 aromatic carbocycles. The van der Waals surface area contributed by atoms with E-state index in [9.17, 15) is 19.4 Å². The summed E-state index contributed by atoms with van der Waals surface area (Å²) in [5.74, 6) is -0.208. The number of phosphoric ester groups is 1. The van der Waals surface area contributed by atoms with Gasteiger partial charge in [0.1, 0.15) is 13.2 Å². The number of allylic oxidation sites excluding steroid dienone is 9. The van der Waals surface area contributed by atoms with Gasteiger partial charge in [-0.3, -0.25) is 9.36 Å². The number of nitrogens with one attached hydrogen (secondary N) is 1. The van der Waals surface area contributed by atoms with Gasteiger partial charge >= 0.3 is 0 Å². The van der Waals surface area contributed by atoms with Gasteiger partial charge in [-0.05, 0) is 70.6 Å². The van der Waals surface area contributed by atoms with Gasteiger partial charge in [0.15, 0.2) is 0 Å². The highest BCUT2D eigenvalue weighted by molar-refractivity contribution is 7.45. The van der Waals surface area contributed by atoms with Gasteiger partial charge in [0.25, 0.3) is 7.82 Å². The number of rotatable bonds is 51. The first-order valence-electron chi connectivity index (χ1n) is 28.2. The molecule has 0 aliphatic heterocycles. The van der Waals surface area contributed by atoms with Crippen LogP contribution in [-0.2, 0) is 18.4 Å². The van der Waals surface area contributed by atoms with E-state index in [0.29, 0.717) is 17.4 Å². The first-order valence-corrected chi connectivity index (χ1v) is 29.6. The van der Waals surface area contributed by atoms with Crippen LogP contribution in [0.25, 0.3) is 0 Å². The smallest absolute Gasteiger partial charge is 0.268 e. The predicted octanol–water partition coefficient (Wildman–Crippen LogP) is 16.3. The monoisotopic (exact) mass is 961 g/mol. The Morgan fingerprint density at radius 3 is 1.33 bits per heavy atom. The number of carbonyl (C=O) groups is 1. The first-order chi connectivity index (χ1) is 32.5. The van der Waals surface area contributed by atoms with Crippen LogP contribution in [0.5, 0.6) is 0 Å². The van der Waals surface area contributed by atoms with E-state index in [1.807, 2.05) is 27.2 Å². The van der Waals surface area contributed by atoms with Crippen LogP contribution in [0.2, 0.25) is 0 Å². The van der Waals surface area contributed by atoms with Crippen molar-refractivity contribution >= 4 is 13.7 Å². The largest absolute Gasteiger partial charge is 0.756 e. The number of phosphoric acid groups is 1. The van der Waals surface area contributed by atoms with Gasteiger partial charge in [-0.25, -0.2) is 0 Å². The van der Waals surface area contributed by atoms with Gasteiger partial charge in [0, 0.05) is 6.42 Å². The van der Waals surface area contributed by atoms with Gasteiger partial charge in [0.05, 0.1) is 39.9 Å². The van der Waals surface area contributed by atoms with Gasteiger partial charge < -0.3 is 28.8 Å². The lowest BCUT2D eigenvalue weighted by molar-refractivity contribution is -0.870. The fourth-order valence-corrected chi connectivity index (χ4v) is 8.72. The number of nitrogens with zero attached hydrogens (tertiary/aromatic N) is 1. The summed E-state index contributed by atoms with van der Waals surface area (Å²) >= 11 is 0. The lowest BCUT2D eigenvalue weighted by Crippen LogP contribution is -2.45. The number of unbranched alkanes of at least 4 members (excludes halogenated alkanes) is 30. The van der Waals surface area contributed by atoms with Crippen LogP contribution in [0.15, 0.2) is 60.8 Å². The second kappa shape index (κ2) is 49.2. The predicted molar refractivity (Wildman–Crippen MR) is 288 cm³/mol. The molecular formula is C58H109N2O6P. The van der Waals surface area contributed by atoms with E-state index in [4.69, 9.17) is 9.05 Å². The molecule has 2 N–H and O–H groups in total. The van der Waals surface area contributed by atoms with Crippen molar-refractivity contribution in [2.45, 2.75) is 264 Å². The van der Waals surface area contributed by atoms with Crippen molar-refractivity contribution in [3.63, 3.8) is 0 Å². The molecule has 9 heteroatoms. The van der Waals surface area contributed by atoms with Gasteiger partial charge in [0.2, 0.25) is 5.91 Å². The molecule has 0 aromatic heterocycles. The Morgan fingerprint density at radius 2 is 0.881 bits per heavy atom. The normalized spacial score (nSPS) is 14.4. The molecule has 8 nitrogen and oxygen atoms in total. The Labute approximate surface area is 415 Å². The number of hydrogen-bond donors (Lipinski definition) is 2. The number of amides is 1. The number of quaternary nitrogens is 1. The highest BCUT2D eigenvalue weighted by atomic mass is 31.2. The van der Waals surface area contributed by atoms with Crippen molar-refractivity contribution in [2.24, 2.45) is 0 Å². The summed E-state index contributed by atoms with van der Waals surface area (Å²) in [7, 11) is 1.24. The summed E-state index contributed by atoms with van der Waals surface area (Å²) in [4.78, 5) is 25.3. The van der Waals surface area contributed by atoms with Crippen LogP contribution in [0, 0.1) is 0 Å². The third-order valence-corrected chi connectivity index (χ3v) is 13.4. The quantitative estimate of drug-likeness (QED) is 0.0272. The van der Waals surface area contributed by atoms with Crippen molar-refractivity contribution in [2.75, 3.05) is 40.9 Å². The Kier molecular flexibility index (Phi) is 47.9. The molecule has 392 valence electrons. The van der Waals surface area contributed by atoms with Crippen molar-refractivity contribution < 1.29 is 32.9 Å². The Morgan fingerprint density at radius 1 is 0.522 bits per heavy atom. The number of aliphatic hydroxyl groups is 1. The number of aliphatic hydroxyl groups excluding tert-OH is 1. The van der Waals surface area contributed by atoms with Crippen LogP contribution in [0.3, 0.4) is 0 Å². The lowest BCUT2D eigenvalue weighted by atomic mass is 10.0. The van der Waals surface area contributed by atoms with Crippen LogP contribution in [0.1, 0.15) is 251 Å². The summed E-state index contributed by atoms with van der Waals surface area (Å²) < 4.78 is 23.2. The zero-order chi connectivity index (χ0) is 49.2. The van der Waals surface area contributed by atoms with E-state index in [2.05, 4.69) is 67.8 Å². The Bertz CT molecular complexity index is 1270. The zero-order valence-corrected chi connectivity index (χ0v) is 45.5. The molecule has 0 aromatic rings. The van der Waals surface area contributed by atoms with Crippen molar-refractivity contribution in [3.05, 3.63) is 60.8 Å². The molecule has 0 radical (unpaired) electrons. The summed E-state index contributed by atoms with van der Waals surface area (Å²) in [5, 5.41) is 13.8. The van der Waals surface area contributed by atoms with E-state index in [1.165, 1.54) is 180 Å². The molecule has 0 rings (SSSR count). The minimum atomic E-state index is -4.60. The molecule has 1 amide bonds. The van der Waals surface area contributed by atoms with E-state index in [-0.39, 0.29) is 12.5 Å². The van der Waals surface area contributed by atoms with Crippen molar-refractivity contribution in [1.29, 1.82) is 0 Å². The van der Waals surface area contributed by atoms with E-state index in [1.54, 1.807) is 6.08 Å². The summed E-state index contributed by atoms with van der Waals surface area (Å²) in [6.07, 6.45) is 66.1. The second-order valence-corrected chi connectivity index (χ2v) is 21.7. The zero-order valence-electron chi connectivity index (χ0n) is 44.6. The maximum atomic E-state index is 12.9. The van der Waals surface area contributed by atoms with Gasteiger partial charge in [-0.2, -0.15) is 0 Å². The third-order valence-electron chi connectivity index (χ3n) is 12.4. The highest BCUT2D eigenvalue weighted by Crippen LogP contribution is 2.38. The minimum Gasteiger partial charge on any atom is -0.756 e. The molecule has 0 spiro atoms. The third kappa shape index (κ3) is 51.9. The molecule has 0 fully saturated rings. The molecule has 0 aliphatic rings. The first kappa shape index (κ1) is 65.2. The molecular weight excluding hydrogens is 852 g/mol.